The zero-order valence-electron chi connectivity index (χ0n) is 12.4. The lowest BCUT2D eigenvalue weighted by molar-refractivity contribution is -0.146. The van der Waals surface area contributed by atoms with Crippen LogP contribution in [0.4, 0.5) is 0 Å². The highest BCUT2D eigenvalue weighted by molar-refractivity contribution is 5.85. The average molecular weight is 257 g/mol. The summed E-state index contributed by atoms with van der Waals surface area (Å²) in [5, 5.41) is 2.79. The molecule has 0 spiro atoms. The van der Waals surface area contributed by atoms with E-state index in [0.29, 0.717) is 12.3 Å². The number of amides is 1. The van der Waals surface area contributed by atoms with Crippen molar-refractivity contribution in [3.8, 4) is 0 Å². The molecule has 0 aromatic heterocycles. The monoisotopic (exact) mass is 257 g/mol. The zero-order chi connectivity index (χ0) is 14.3. The molecule has 0 radical (unpaired) electrons. The lowest BCUT2D eigenvalue weighted by Crippen LogP contribution is -2.45. The van der Waals surface area contributed by atoms with Crippen molar-refractivity contribution in [1.82, 2.24) is 5.32 Å². The number of rotatable bonds is 7. The van der Waals surface area contributed by atoms with Crippen LogP contribution in [0, 0.1) is 17.8 Å². The predicted molar refractivity (Wildman–Crippen MR) is 72.0 cm³/mol. The minimum absolute atomic E-state index is 0.0454. The summed E-state index contributed by atoms with van der Waals surface area (Å²) in [5.41, 5.74) is 0. The molecule has 106 valence electrons. The van der Waals surface area contributed by atoms with Crippen LogP contribution in [0.5, 0.6) is 0 Å². The molecule has 0 saturated carbocycles. The minimum Gasteiger partial charge on any atom is -0.467 e. The molecule has 4 nitrogen and oxygen atoms in total. The predicted octanol–water partition coefficient (Wildman–Crippen LogP) is 2.37. The number of carbonyl (C=O) groups is 2. The van der Waals surface area contributed by atoms with Crippen LogP contribution < -0.4 is 5.32 Å². The molecular weight excluding hydrogens is 230 g/mol. The Morgan fingerprint density at radius 1 is 1.17 bits per heavy atom. The third-order valence-corrected chi connectivity index (χ3v) is 3.08. The van der Waals surface area contributed by atoms with E-state index in [-0.39, 0.29) is 23.7 Å². The Bertz CT molecular complexity index is 274. The molecule has 18 heavy (non-hydrogen) atoms. The Hall–Kier alpha value is -1.06. The van der Waals surface area contributed by atoms with Gasteiger partial charge in [-0.1, -0.05) is 34.6 Å². The fraction of sp³-hybridized carbons (Fsp3) is 0.857. The van der Waals surface area contributed by atoms with Gasteiger partial charge in [-0.3, -0.25) is 4.79 Å². The maximum absolute atomic E-state index is 12.2. The van der Waals surface area contributed by atoms with Crippen molar-refractivity contribution in [2.24, 2.45) is 17.8 Å². The van der Waals surface area contributed by atoms with Crippen LogP contribution in [0.25, 0.3) is 0 Å². The summed E-state index contributed by atoms with van der Waals surface area (Å²) in [4.78, 5) is 23.6. The number of hydrogen-bond acceptors (Lipinski definition) is 3. The highest BCUT2D eigenvalue weighted by atomic mass is 16.5. The molecular formula is C14H27NO3. The SMILES string of the molecule is CC[C@H](NC(=O)C(CC(C)C)C(C)C)C(=O)OC. The first-order valence-corrected chi connectivity index (χ1v) is 6.71. The summed E-state index contributed by atoms with van der Waals surface area (Å²) in [6.45, 7) is 10.1. The van der Waals surface area contributed by atoms with Gasteiger partial charge < -0.3 is 10.1 Å². The van der Waals surface area contributed by atoms with Gasteiger partial charge in [-0.25, -0.2) is 4.79 Å². The van der Waals surface area contributed by atoms with Gasteiger partial charge in [0.15, 0.2) is 0 Å². The first kappa shape index (κ1) is 16.9. The third kappa shape index (κ3) is 5.52. The molecule has 1 amide bonds. The number of carbonyl (C=O) groups excluding carboxylic acids is 2. The van der Waals surface area contributed by atoms with E-state index >= 15 is 0 Å². The molecule has 0 fully saturated rings. The second-order valence-corrected chi connectivity index (χ2v) is 5.47. The van der Waals surface area contributed by atoms with Crippen molar-refractivity contribution in [3.63, 3.8) is 0 Å². The largest absolute Gasteiger partial charge is 0.467 e. The second kappa shape index (κ2) is 8.11. The van der Waals surface area contributed by atoms with Crippen molar-refractivity contribution < 1.29 is 14.3 Å². The molecule has 0 saturated heterocycles. The molecule has 0 aliphatic heterocycles. The van der Waals surface area contributed by atoms with E-state index in [1.807, 2.05) is 20.8 Å². The first-order valence-electron chi connectivity index (χ1n) is 6.71. The molecule has 0 rings (SSSR count). The first-order chi connectivity index (χ1) is 8.33. The zero-order valence-corrected chi connectivity index (χ0v) is 12.4. The molecule has 0 aromatic rings. The summed E-state index contributed by atoms with van der Waals surface area (Å²) < 4.78 is 4.67. The van der Waals surface area contributed by atoms with Crippen molar-refractivity contribution in [2.45, 2.75) is 53.5 Å². The quantitative estimate of drug-likeness (QED) is 0.712. The van der Waals surface area contributed by atoms with Gasteiger partial charge in [0.25, 0.3) is 0 Å². The summed E-state index contributed by atoms with van der Waals surface area (Å²) in [6.07, 6.45) is 1.38. The smallest absolute Gasteiger partial charge is 0.328 e. The minimum atomic E-state index is -0.532. The van der Waals surface area contributed by atoms with Gasteiger partial charge in [0.05, 0.1) is 7.11 Å². The van der Waals surface area contributed by atoms with Crippen molar-refractivity contribution in [1.29, 1.82) is 0 Å². The second-order valence-electron chi connectivity index (χ2n) is 5.47. The van der Waals surface area contributed by atoms with E-state index in [2.05, 4.69) is 23.9 Å². The fourth-order valence-electron chi connectivity index (χ4n) is 1.94. The Morgan fingerprint density at radius 2 is 1.72 bits per heavy atom. The summed E-state index contributed by atoms with van der Waals surface area (Å²) in [5.74, 6) is 0.251. The number of methoxy groups -OCH3 is 1. The van der Waals surface area contributed by atoms with Crippen LogP contribution in [-0.4, -0.2) is 25.0 Å². The molecule has 0 aromatic carbocycles. The Labute approximate surface area is 110 Å². The number of esters is 1. The molecule has 1 unspecified atom stereocenters. The average Bonchev–Trinajstić information content (AvgIpc) is 2.31. The highest BCUT2D eigenvalue weighted by Gasteiger charge is 2.27. The maximum atomic E-state index is 12.2. The van der Waals surface area contributed by atoms with Gasteiger partial charge in [0, 0.05) is 5.92 Å². The van der Waals surface area contributed by atoms with Gasteiger partial charge >= 0.3 is 5.97 Å². The Balaban J connectivity index is 4.62. The van der Waals surface area contributed by atoms with Crippen LogP contribution in [0.15, 0.2) is 0 Å². The van der Waals surface area contributed by atoms with E-state index in [4.69, 9.17) is 0 Å². The number of ether oxygens (including phenoxy) is 1. The summed E-state index contributed by atoms with van der Waals surface area (Å²) >= 11 is 0. The van der Waals surface area contributed by atoms with E-state index in [1.165, 1.54) is 7.11 Å². The summed E-state index contributed by atoms with van der Waals surface area (Å²) in [7, 11) is 1.34. The van der Waals surface area contributed by atoms with E-state index < -0.39 is 6.04 Å². The van der Waals surface area contributed by atoms with E-state index in [9.17, 15) is 9.59 Å². The summed E-state index contributed by atoms with van der Waals surface area (Å²) in [6, 6.07) is -0.532. The van der Waals surface area contributed by atoms with Gasteiger partial charge in [0.1, 0.15) is 6.04 Å². The molecule has 1 N–H and O–H groups in total. The van der Waals surface area contributed by atoms with E-state index in [1.54, 1.807) is 0 Å². The van der Waals surface area contributed by atoms with Crippen molar-refractivity contribution in [2.75, 3.05) is 7.11 Å². The fourth-order valence-corrected chi connectivity index (χ4v) is 1.94. The maximum Gasteiger partial charge on any atom is 0.328 e. The topological polar surface area (TPSA) is 55.4 Å². The molecule has 0 aliphatic carbocycles. The van der Waals surface area contributed by atoms with Gasteiger partial charge in [-0.2, -0.15) is 0 Å². The van der Waals surface area contributed by atoms with Crippen LogP contribution in [0.2, 0.25) is 0 Å². The normalized spacial score (nSPS) is 14.4. The van der Waals surface area contributed by atoms with Crippen LogP contribution in [0.3, 0.4) is 0 Å². The van der Waals surface area contributed by atoms with E-state index in [0.717, 1.165) is 6.42 Å². The van der Waals surface area contributed by atoms with Crippen molar-refractivity contribution >= 4 is 11.9 Å². The Kier molecular flexibility index (Phi) is 7.64. The highest BCUT2D eigenvalue weighted by Crippen LogP contribution is 2.20. The van der Waals surface area contributed by atoms with Crippen LogP contribution in [0.1, 0.15) is 47.5 Å². The molecule has 4 heteroatoms. The number of hydrogen-bond donors (Lipinski definition) is 1. The molecule has 0 bridgehead atoms. The van der Waals surface area contributed by atoms with Crippen LogP contribution in [-0.2, 0) is 14.3 Å². The Morgan fingerprint density at radius 3 is 2.06 bits per heavy atom. The van der Waals surface area contributed by atoms with Gasteiger partial charge in [-0.05, 0) is 24.7 Å². The van der Waals surface area contributed by atoms with Crippen LogP contribution >= 0.6 is 0 Å². The standard InChI is InChI=1S/C14H27NO3/c1-7-12(14(17)18-6)15-13(16)11(10(4)5)8-9(2)3/h9-12H,7-8H2,1-6H3,(H,15,16)/t11?,12-/m0/s1. The lowest BCUT2D eigenvalue weighted by Gasteiger charge is -2.24. The molecule has 2 atom stereocenters. The molecule has 0 aliphatic rings. The molecule has 0 heterocycles. The third-order valence-electron chi connectivity index (χ3n) is 3.08. The number of nitrogens with one attached hydrogen (secondary N) is 1. The van der Waals surface area contributed by atoms with Gasteiger partial charge in [-0.15, -0.1) is 0 Å². The lowest BCUT2D eigenvalue weighted by atomic mass is 9.86. The van der Waals surface area contributed by atoms with Gasteiger partial charge in [0.2, 0.25) is 5.91 Å². The van der Waals surface area contributed by atoms with Crippen molar-refractivity contribution in [3.05, 3.63) is 0 Å².